The zero-order chi connectivity index (χ0) is 14.8. The van der Waals surface area contributed by atoms with Crippen molar-refractivity contribution >= 4 is 11.3 Å². The van der Waals surface area contributed by atoms with E-state index in [1.54, 1.807) is 0 Å². The third-order valence-corrected chi connectivity index (χ3v) is 5.46. The monoisotopic (exact) mass is 300 g/mol. The molecule has 0 fully saturated rings. The second-order valence-electron chi connectivity index (χ2n) is 6.19. The van der Waals surface area contributed by atoms with Gasteiger partial charge >= 0.3 is 0 Å². The Kier molecular flexibility index (Phi) is 4.41. The van der Waals surface area contributed by atoms with Crippen LogP contribution >= 0.6 is 11.3 Å². The molecule has 0 saturated heterocycles. The number of fused-ring (bicyclic) bond motifs is 1. The minimum absolute atomic E-state index is 0.524. The Morgan fingerprint density at radius 2 is 1.90 bits per heavy atom. The maximum Gasteiger partial charge on any atom is 0.0969 e. The van der Waals surface area contributed by atoms with Crippen molar-refractivity contribution < 1.29 is 0 Å². The number of nitrogens with one attached hydrogen (secondary N) is 1. The molecular formula is C18H24N2S. The fourth-order valence-electron chi connectivity index (χ4n) is 3.02. The standard InChI is InChI=1S/C18H24N2S/c1-4-16-17(11-19-12(2)3)21-18(20-16)15-9-13-7-5-6-8-14(13)10-15/h5-8,12,15,19H,4,9-11H2,1-3H3. The highest BCUT2D eigenvalue weighted by molar-refractivity contribution is 7.11. The summed E-state index contributed by atoms with van der Waals surface area (Å²) in [5.41, 5.74) is 4.31. The molecule has 0 radical (unpaired) electrons. The summed E-state index contributed by atoms with van der Waals surface area (Å²) in [4.78, 5) is 6.38. The molecule has 112 valence electrons. The van der Waals surface area contributed by atoms with Gasteiger partial charge in [-0.05, 0) is 30.4 Å². The quantitative estimate of drug-likeness (QED) is 0.900. The topological polar surface area (TPSA) is 24.9 Å². The molecule has 2 nitrogen and oxygen atoms in total. The van der Waals surface area contributed by atoms with E-state index in [4.69, 9.17) is 4.98 Å². The van der Waals surface area contributed by atoms with Crippen molar-refractivity contribution in [1.82, 2.24) is 10.3 Å². The van der Waals surface area contributed by atoms with Crippen molar-refractivity contribution in [3.8, 4) is 0 Å². The molecule has 0 atom stereocenters. The number of benzene rings is 1. The van der Waals surface area contributed by atoms with Gasteiger partial charge in [-0.3, -0.25) is 0 Å². The molecule has 0 spiro atoms. The van der Waals surface area contributed by atoms with Gasteiger partial charge in [0.1, 0.15) is 0 Å². The zero-order valence-corrected chi connectivity index (χ0v) is 14.0. The van der Waals surface area contributed by atoms with Crippen LogP contribution in [0.15, 0.2) is 24.3 Å². The Morgan fingerprint density at radius 1 is 1.24 bits per heavy atom. The smallest absolute Gasteiger partial charge is 0.0969 e. The number of nitrogens with zero attached hydrogens (tertiary/aromatic N) is 1. The van der Waals surface area contributed by atoms with Gasteiger partial charge in [0.25, 0.3) is 0 Å². The van der Waals surface area contributed by atoms with Crippen LogP contribution in [0.3, 0.4) is 0 Å². The lowest BCUT2D eigenvalue weighted by Gasteiger charge is -2.06. The van der Waals surface area contributed by atoms with Gasteiger partial charge in [0.2, 0.25) is 0 Å². The van der Waals surface area contributed by atoms with Gasteiger partial charge in [0, 0.05) is 23.4 Å². The van der Waals surface area contributed by atoms with Crippen molar-refractivity contribution in [2.24, 2.45) is 0 Å². The van der Waals surface area contributed by atoms with Gasteiger partial charge in [-0.2, -0.15) is 0 Å². The summed E-state index contributed by atoms with van der Waals surface area (Å²) in [5.74, 6) is 0.588. The highest BCUT2D eigenvalue weighted by atomic mass is 32.1. The van der Waals surface area contributed by atoms with Gasteiger partial charge < -0.3 is 5.32 Å². The van der Waals surface area contributed by atoms with Crippen LogP contribution in [0.2, 0.25) is 0 Å². The molecule has 1 aromatic carbocycles. The van der Waals surface area contributed by atoms with Gasteiger partial charge in [0.05, 0.1) is 10.7 Å². The molecule has 1 aliphatic rings. The Balaban J connectivity index is 1.78. The van der Waals surface area contributed by atoms with E-state index < -0.39 is 0 Å². The van der Waals surface area contributed by atoms with Crippen molar-refractivity contribution in [1.29, 1.82) is 0 Å². The molecule has 0 bridgehead atoms. The molecule has 21 heavy (non-hydrogen) atoms. The first-order valence-electron chi connectivity index (χ1n) is 7.96. The van der Waals surface area contributed by atoms with Crippen LogP contribution in [0.4, 0.5) is 0 Å². The van der Waals surface area contributed by atoms with Gasteiger partial charge in [0.15, 0.2) is 0 Å². The fourth-order valence-corrected chi connectivity index (χ4v) is 4.23. The van der Waals surface area contributed by atoms with Crippen LogP contribution in [0.25, 0.3) is 0 Å². The molecule has 1 heterocycles. The van der Waals surface area contributed by atoms with E-state index in [0.717, 1.165) is 25.8 Å². The van der Waals surface area contributed by atoms with E-state index in [-0.39, 0.29) is 0 Å². The highest BCUT2D eigenvalue weighted by Gasteiger charge is 2.26. The van der Waals surface area contributed by atoms with Crippen LogP contribution in [-0.2, 0) is 25.8 Å². The Hall–Kier alpha value is -1.19. The molecule has 2 aromatic rings. The van der Waals surface area contributed by atoms with Crippen molar-refractivity contribution in [2.45, 2.75) is 58.5 Å². The second kappa shape index (κ2) is 6.29. The number of hydrogen-bond donors (Lipinski definition) is 1. The second-order valence-corrected chi connectivity index (χ2v) is 7.30. The van der Waals surface area contributed by atoms with Crippen LogP contribution in [0.5, 0.6) is 0 Å². The number of rotatable bonds is 5. The Morgan fingerprint density at radius 3 is 2.48 bits per heavy atom. The molecule has 1 N–H and O–H groups in total. The first-order chi connectivity index (χ1) is 10.2. The minimum atomic E-state index is 0.524. The largest absolute Gasteiger partial charge is 0.310 e. The first kappa shape index (κ1) is 14.7. The first-order valence-corrected chi connectivity index (χ1v) is 8.77. The van der Waals surface area contributed by atoms with Crippen LogP contribution < -0.4 is 5.32 Å². The van der Waals surface area contributed by atoms with E-state index in [1.807, 2.05) is 11.3 Å². The summed E-state index contributed by atoms with van der Waals surface area (Å²) in [5, 5.41) is 4.86. The van der Waals surface area contributed by atoms with E-state index in [0.29, 0.717) is 12.0 Å². The molecule has 0 aliphatic heterocycles. The molecule has 1 aromatic heterocycles. The molecule has 3 rings (SSSR count). The molecule has 0 unspecified atom stereocenters. The average molecular weight is 300 g/mol. The van der Waals surface area contributed by atoms with Gasteiger partial charge in [-0.1, -0.05) is 45.0 Å². The van der Waals surface area contributed by atoms with E-state index >= 15 is 0 Å². The van der Waals surface area contributed by atoms with Crippen molar-refractivity contribution in [3.05, 3.63) is 51.0 Å². The molecule has 0 amide bonds. The Bertz CT molecular complexity index is 590. The summed E-state index contributed by atoms with van der Waals surface area (Å²) in [6.45, 7) is 7.56. The number of aryl methyl sites for hydroxylation is 1. The molecular weight excluding hydrogens is 276 g/mol. The lowest BCUT2D eigenvalue weighted by Crippen LogP contribution is -2.21. The van der Waals surface area contributed by atoms with E-state index in [2.05, 4.69) is 50.4 Å². The number of thiazole rings is 1. The summed E-state index contributed by atoms with van der Waals surface area (Å²) >= 11 is 1.92. The SMILES string of the molecule is CCc1nc(C2Cc3ccccc3C2)sc1CNC(C)C. The number of hydrogen-bond acceptors (Lipinski definition) is 3. The predicted molar refractivity (Wildman–Crippen MR) is 90.1 cm³/mol. The van der Waals surface area contributed by atoms with E-state index in [1.165, 1.54) is 26.7 Å². The summed E-state index contributed by atoms with van der Waals surface area (Å²) in [7, 11) is 0. The third kappa shape index (κ3) is 3.19. The maximum absolute atomic E-state index is 4.95. The summed E-state index contributed by atoms with van der Waals surface area (Å²) in [6.07, 6.45) is 3.35. The third-order valence-electron chi connectivity index (χ3n) is 4.20. The fraction of sp³-hybridized carbons (Fsp3) is 0.500. The summed E-state index contributed by atoms with van der Waals surface area (Å²) < 4.78 is 0. The molecule has 1 aliphatic carbocycles. The normalized spacial score (nSPS) is 14.9. The zero-order valence-electron chi connectivity index (χ0n) is 13.1. The van der Waals surface area contributed by atoms with Crippen molar-refractivity contribution in [3.63, 3.8) is 0 Å². The highest BCUT2D eigenvalue weighted by Crippen LogP contribution is 2.36. The average Bonchev–Trinajstić information content (AvgIpc) is 3.08. The summed E-state index contributed by atoms with van der Waals surface area (Å²) in [6, 6.07) is 9.36. The minimum Gasteiger partial charge on any atom is -0.310 e. The van der Waals surface area contributed by atoms with E-state index in [9.17, 15) is 0 Å². The Labute approximate surface area is 131 Å². The van der Waals surface area contributed by atoms with Crippen molar-refractivity contribution in [2.75, 3.05) is 0 Å². The molecule has 3 heteroatoms. The van der Waals surface area contributed by atoms with Gasteiger partial charge in [-0.25, -0.2) is 4.98 Å². The van der Waals surface area contributed by atoms with Crippen LogP contribution in [0.1, 0.15) is 53.4 Å². The van der Waals surface area contributed by atoms with Crippen LogP contribution in [0, 0.1) is 0 Å². The van der Waals surface area contributed by atoms with Gasteiger partial charge in [-0.15, -0.1) is 11.3 Å². The number of aromatic nitrogens is 1. The van der Waals surface area contributed by atoms with Crippen LogP contribution in [-0.4, -0.2) is 11.0 Å². The predicted octanol–water partition coefficient (Wildman–Crippen LogP) is 4.09. The lowest BCUT2D eigenvalue weighted by atomic mass is 10.1. The maximum atomic E-state index is 4.95. The lowest BCUT2D eigenvalue weighted by molar-refractivity contribution is 0.590. The molecule has 0 saturated carbocycles.